The normalized spacial score (nSPS) is 11.9. The third-order valence-corrected chi connectivity index (χ3v) is 5.66. The molecule has 2 aromatic carbocycles. The summed E-state index contributed by atoms with van der Waals surface area (Å²) in [6.45, 7) is 4.44. The highest BCUT2D eigenvalue weighted by molar-refractivity contribution is 8.00. The standard InChI is InChI=1S/C23H22N4O2S/c1-16-8-6-11-19(14-16)24-22(28)17(2)30-23-26-25-21(20-12-7-13-29-20)27(23)15-18-9-4-3-5-10-18/h3-14,17H,15H2,1-2H3,(H,24,28). The fourth-order valence-electron chi connectivity index (χ4n) is 3.05. The molecule has 4 aromatic rings. The van der Waals surface area contributed by atoms with Crippen LogP contribution in [-0.2, 0) is 11.3 Å². The molecule has 1 atom stereocenters. The van der Waals surface area contributed by atoms with Gasteiger partial charge in [-0.25, -0.2) is 0 Å². The van der Waals surface area contributed by atoms with Crippen LogP contribution in [0.5, 0.6) is 0 Å². The first kappa shape index (κ1) is 20.0. The molecule has 1 unspecified atom stereocenters. The first-order valence-corrected chi connectivity index (χ1v) is 10.5. The Morgan fingerprint density at radius 3 is 2.67 bits per heavy atom. The van der Waals surface area contributed by atoms with E-state index in [-0.39, 0.29) is 11.2 Å². The lowest BCUT2D eigenvalue weighted by atomic mass is 10.2. The van der Waals surface area contributed by atoms with Crippen molar-refractivity contribution in [3.8, 4) is 11.6 Å². The van der Waals surface area contributed by atoms with Gasteiger partial charge in [-0.3, -0.25) is 9.36 Å². The van der Waals surface area contributed by atoms with E-state index in [0.29, 0.717) is 23.3 Å². The second-order valence-electron chi connectivity index (χ2n) is 6.97. The van der Waals surface area contributed by atoms with Crippen LogP contribution in [0.2, 0.25) is 0 Å². The Hall–Kier alpha value is -3.32. The van der Waals surface area contributed by atoms with Gasteiger partial charge < -0.3 is 9.73 Å². The summed E-state index contributed by atoms with van der Waals surface area (Å²) in [6, 6.07) is 21.5. The Morgan fingerprint density at radius 1 is 1.10 bits per heavy atom. The molecule has 152 valence electrons. The average molecular weight is 419 g/mol. The van der Waals surface area contributed by atoms with Gasteiger partial charge in [-0.05, 0) is 49.2 Å². The van der Waals surface area contributed by atoms with Gasteiger partial charge in [0.2, 0.25) is 11.7 Å². The molecular weight excluding hydrogens is 396 g/mol. The van der Waals surface area contributed by atoms with E-state index in [1.54, 1.807) is 6.26 Å². The van der Waals surface area contributed by atoms with E-state index in [1.807, 2.05) is 85.1 Å². The molecule has 0 bridgehead atoms. The number of furan rings is 1. The number of thioether (sulfide) groups is 1. The van der Waals surface area contributed by atoms with Crippen LogP contribution in [0.3, 0.4) is 0 Å². The first-order chi connectivity index (χ1) is 14.6. The van der Waals surface area contributed by atoms with Crippen molar-refractivity contribution in [2.24, 2.45) is 0 Å². The number of anilines is 1. The Morgan fingerprint density at radius 2 is 1.93 bits per heavy atom. The maximum atomic E-state index is 12.7. The largest absolute Gasteiger partial charge is 0.461 e. The third kappa shape index (κ3) is 4.63. The van der Waals surface area contributed by atoms with Crippen LogP contribution in [0.4, 0.5) is 5.69 Å². The Labute approximate surface area is 179 Å². The second-order valence-corrected chi connectivity index (χ2v) is 8.28. The Bertz CT molecular complexity index is 1120. The van der Waals surface area contributed by atoms with Crippen molar-refractivity contribution in [2.75, 3.05) is 5.32 Å². The highest BCUT2D eigenvalue weighted by Crippen LogP contribution is 2.28. The summed E-state index contributed by atoms with van der Waals surface area (Å²) in [4.78, 5) is 12.7. The van der Waals surface area contributed by atoms with Crippen molar-refractivity contribution in [1.82, 2.24) is 14.8 Å². The molecule has 4 rings (SSSR count). The molecule has 0 aliphatic heterocycles. The molecule has 0 radical (unpaired) electrons. The number of hydrogen-bond acceptors (Lipinski definition) is 5. The number of nitrogens with one attached hydrogen (secondary N) is 1. The molecule has 2 aromatic heterocycles. The molecule has 6 nitrogen and oxygen atoms in total. The number of carbonyl (C=O) groups is 1. The van der Waals surface area contributed by atoms with Crippen LogP contribution in [0.25, 0.3) is 11.6 Å². The highest BCUT2D eigenvalue weighted by Gasteiger charge is 2.22. The van der Waals surface area contributed by atoms with E-state index in [1.165, 1.54) is 11.8 Å². The third-order valence-electron chi connectivity index (χ3n) is 4.58. The van der Waals surface area contributed by atoms with Gasteiger partial charge in [-0.1, -0.05) is 54.2 Å². The average Bonchev–Trinajstić information content (AvgIpc) is 3.39. The predicted molar refractivity (Wildman–Crippen MR) is 118 cm³/mol. The summed E-state index contributed by atoms with van der Waals surface area (Å²) in [7, 11) is 0. The first-order valence-electron chi connectivity index (χ1n) is 9.65. The van der Waals surface area contributed by atoms with Crippen molar-refractivity contribution in [3.05, 3.63) is 84.1 Å². The number of nitrogens with zero attached hydrogens (tertiary/aromatic N) is 3. The lowest BCUT2D eigenvalue weighted by molar-refractivity contribution is -0.115. The zero-order valence-corrected chi connectivity index (χ0v) is 17.6. The molecule has 0 aliphatic rings. The fraction of sp³-hybridized carbons (Fsp3) is 0.174. The van der Waals surface area contributed by atoms with Crippen LogP contribution < -0.4 is 5.32 Å². The summed E-state index contributed by atoms with van der Waals surface area (Å²) in [6.07, 6.45) is 1.61. The Balaban J connectivity index is 1.56. The SMILES string of the molecule is Cc1cccc(NC(=O)C(C)Sc2nnc(-c3ccco3)n2Cc2ccccc2)c1. The van der Waals surface area contributed by atoms with E-state index < -0.39 is 0 Å². The van der Waals surface area contributed by atoms with E-state index in [4.69, 9.17) is 4.42 Å². The monoisotopic (exact) mass is 418 g/mol. The van der Waals surface area contributed by atoms with E-state index >= 15 is 0 Å². The van der Waals surface area contributed by atoms with Gasteiger partial charge in [0.15, 0.2) is 10.9 Å². The lowest BCUT2D eigenvalue weighted by Crippen LogP contribution is -2.23. The van der Waals surface area contributed by atoms with Gasteiger partial charge in [-0.15, -0.1) is 10.2 Å². The minimum Gasteiger partial charge on any atom is -0.461 e. The topological polar surface area (TPSA) is 73.0 Å². The van der Waals surface area contributed by atoms with Crippen LogP contribution in [-0.4, -0.2) is 25.9 Å². The molecule has 0 spiro atoms. The number of aryl methyl sites for hydroxylation is 1. The van der Waals surface area contributed by atoms with Gasteiger partial charge in [0.25, 0.3) is 0 Å². The van der Waals surface area contributed by atoms with Crippen LogP contribution in [0, 0.1) is 6.92 Å². The van der Waals surface area contributed by atoms with Crippen molar-refractivity contribution >= 4 is 23.4 Å². The fourth-order valence-corrected chi connectivity index (χ4v) is 3.90. The quantitative estimate of drug-likeness (QED) is 0.427. The maximum Gasteiger partial charge on any atom is 0.237 e. The summed E-state index contributed by atoms with van der Waals surface area (Å²) in [5.41, 5.74) is 3.00. The van der Waals surface area contributed by atoms with Gasteiger partial charge in [-0.2, -0.15) is 0 Å². The molecule has 7 heteroatoms. The number of amides is 1. The predicted octanol–water partition coefficient (Wildman–Crippen LogP) is 5.01. The summed E-state index contributed by atoms with van der Waals surface area (Å²) < 4.78 is 7.52. The number of aromatic nitrogens is 3. The second kappa shape index (κ2) is 9.00. The van der Waals surface area contributed by atoms with E-state index in [0.717, 1.165) is 16.8 Å². The smallest absolute Gasteiger partial charge is 0.237 e. The Kier molecular flexibility index (Phi) is 5.99. The number of rotatable bonds is 7. The maximum absolute atomic E-state index is 12.7. The van der Waals surface area contributed by atoms with Crippen molar-refractivity contribution in [1.29, 1.82) is 0 Å². The molecule has 0 saturated carbocycles. The van der Waals surface area contributed by atoms with Crippen molar-refractivity contribution < 1.29 is 9.21 Å². The van der Waals surface area contributed by atoms with E-state index in [9.17, 15) is 4.79 Å². The number of hydrogen-bond donors (Lipinski definition) is 1. The molecule has 1 amide bonds. The minimum absolute atomic E-state index is 0.0839. The summed E-state index contributed by atoms with van der Waals surface area (Å²) in [5, 5.41) is 12.0. The summed E-state index contributed by atoms with van der Waals surface area (Å²) >= 11 is 1.37. The molecule has 0 saturated heterocycles. The van der Waals surface area contributed by atoms with E-state index in [2.05, 4.69) is 15.5 Å². The zero-order valence-electron chi connectivity index (χ0n) is 16.8. The van der Waals surface area contributed by atoms with Gasteiger partial charge in [0, 0.05) is 5.69 Å². The highest BCUT2D eigenvalue weighted by atomic mass is 32.2. The number of benzene rings is 2. The van der Waals surface area contributed by atoms with Crippen molar-refractivity contribution in [2.45, 2.75) is 30.8 Å². The zero-order chi connectivity index (χ0) is 20.9. The molecule has 0 aliphatic carbocycles. The summed E-state index contributed by atoms with van der Waals surface area (Å²) in [5.74, 6) is 1.19. The molecule has 2 heterocycles. The molecule has 30 heavy (non-hydrogen) atoms. The molecule has 0 fully saturated rings. The van der Waals surface area contributed by atoms with Crippen LogP contribution in [0.15, 0.2) is 82.6 Å². The van der Waals surface area contributed by atoms with Crippen LogP contribution >= 0.6 is 11.8 Å². The van der Waals surface area contributed by atoms with Crippen molar-refractivity contribution in [3.63, 3.8) is 0 Å². The van der Waals surface area contributed by atoms with Crippen LogP contribution in [0.1, 0.15) is 18.1 Å². The number of carbonyl (C=O) groups excluding carboxylic acids is 1. The van der Waals surface area contributed by atoms with Gasteiger partial charge >= 0.3 is 0 Å². The molecular formula is C23H22N4O2S. The van der Waals surface area contributed by atoms with Gasteiger partial charge in [0.05, 0.1) is 18.1 Å². The minimum atomic E-state index is -0.353. The lowest BCUT2D eigenvalue weighted by Gasteiger charge is -2.14. The van der Waals surface area contributed by atoms with Gasteiger partial charge in [0.1, 0.15) is 0 Å². The molecule has 1 N–H and O–H groups in total.